The highest BCUT2D eigenvalue weighted by molar-refractivity contribution is 5.96. The first kappa shape index (κ1) is 15.2. The van der Waals surface area contributed by atoms with E-state index in [0.717, 1.165) is 12.8 Å². The molecule has 1 aromatic carbocycles. The number of para-hydroxylation sites is 2. The predicted molar refractivity (Wildman–Crippen MR) is 82.7 cm³/mol. The lowest BCUT2D eigenvalue weighted by atomic mass is 10.1. The molecule has 0 unspecified atom stereocenters. The molecule has 0 bridgehead atoms. The van der Waals surface area contributed by atoms with Crippen molar-refractivity contribution in [2.75, 3.05) is 11.9 Å². The quantitative estimate of drug-likeness (QED) is 0.901. The summed E-state index contributed by atoms with van der Waals surface area (Å²) in [5.41, 5.74) is 1.11. The van der Waals surface area contributed by atoms with Gasteiger partial charge in [-0.3, -0.25) is 4.79 Å². The zero-order valence-corrected chi connectivity index (χ0v) is 12.4. The first-order valence-electron chi connectivity index (χ1n) is 7.46. The van der Waals surface area contributed by atoms with E-state index in [4.69, 9.17) is 9.84 Å². The van der Waals surface area contributed by atoms with Crippen LogP contribution >= 0.6 is 0 Å². The molecule has 2 aromatic rings. The molecular weight excluding hydrogens is 298 g/mol. The summed E-state index contributed by atoms with van der Waals surface area (Å²) in [5.74, 6) is -1.29. The monoisotopic (exact) mass is 315 g/mol. The number of nitrogens with zero attached hydrogens (tertiary/aromatic N) is 2. The molecule has 0 saturated carbocycles. The van der Waals surface area contributed by atoms with Gasteiger partial charge in [-0.05, 0) is 37.5 Å². The number of carbonyl (C=O) groups is 2. The molecule has 120 valence electrons. The van der Waals surface area contributed by atoms with Gasteiger partial charge in [-0.1, -0.05) is 12.1 Å². The molecule has 3 rings (SSSR count). The molecule has 1 saturated heterocycles. The van der Waals surface area contributed by atoms with Gasteiger partial charge in [-0.2, -0.15) is 5.10 Å². The highest BCUT2D eigenvalue weighted by atomic mass is 16.5. The van der Waals surface area contributed by atoms with E-state index in [1.165, 1.54) is 10.7 Å². The van der Waals surface area contributed by atoms with E-state index in [-0.39, 0.29) is 11.6 Å². The Kier molecular flexibility index (Phi) is 4.38. The van der Waals surface area contributed by atoms with Crippen LogP contribution in [0.2, 0.25) is 0 Å². The number of amides is 1. The minimum absolute atomic E-state index is 0.0539. The summed E-state index contributed by atoms with van der Waals surface area (Å²) in [6.07, 6.45) is 3.76. The number of aromatic nitrogens is 2. The second-order valence-corrected chi connectivity index (χ2v) is 5.31. The Morgan fingerprint density at radius 1 is 1.26 bits per heavy atom. The average molecular weight is 315 g/mol. The van der Waals surface area contributed by atoms with E-state index in [1.807, 2.05) is 0 Å². The lowest BCUT2D eigenvalue weighted by Gasteiger charge is -2.22. The van der Waals surface area contributed by atoms with Crippen molar-refractivity contribution in [3.8, 4) is 5.69 Å². The van der Waals surface area contributed by atoms with E-state index in [0.29, 0.717) is 24.4 Å². The van der Waals surface area contributed by atoms with Crippen molar-refractivity contribution in [2.24, 2.45) is 0 Å². The Morgan fingerprint density at radius 3 is 2.78 bits per heavy atom. The number of hydrogen-bond acceptors (Lipinski definition) is 4. The molecule has 1 fully saturated rings. The van der Waals surface area contributed by atoms with E-state index in [1.54, 1.807) is 30.5 Å². The summed E-state index contributed by atoms with van der Waals surface area (Å²) >= 11 is 0. The fraction of sp³-hybridized carbons (Fsp3) is 0.312. The fourth-order valence-electron chi connectivity index (χ4n) is 2.51. The maximum atomic E-state index is 12.3. The Morgan fingerprint density at radius 2 is 2.09 bits per heavy atom. The van der Waals surface area contributed by atoms with Gasteiger partial charge in [0.1, 0.15) is 6.10 Å². The van der Waals surface area contributed by atoms with Crippen LogP contribution in [0, 0.1) is 0 Å². The first-order valence-corrected chi connectivity index (χ1v) is 7.46. The first-order chi connectivity index (χ1) is 11.1. The third-order valence-electron chi connectivity index (χ3n) is 3.69. The van der Waals surface area contributed by atoms with Crippen LogP contribution in [0.4, 0.5) is 5.69 Å². The van der Waals surface area contributed by atoms with Crippen LogP contribution in [0.15, 0.2) is 36.5 Å². The second-order valence-electron chi connectivity index (χ2n) is 5.31. The number of carbonyl (C=O) groups excluding carboxylic acids is 1. The molecule has 0 spiro atoms. The van der Waals surface area contributed by atoms with Crippen LogP contribution in [0.25, 0.3) is 5.69 Å². The normalized spacial score (nSPS) is 17.7. The second kappa shape index (κ2) is 6.62. The third kappa shape index (κ3) is 3.40. The smallest absolute Gasteiger partial charge is 0.356 e. The van der Waals surface area contributed by atoms with E-state index in [2.05, 4.69) is 10.4 Å². The average Bonchev–Trinajstić information content (AvgIpc) is 3.06. The van der Waals surface area contributed by atoms with Crippen molar-refractivity contribution < 1.29 is 19.4 Å². The molecule has 23 heavy (non-hydrogen) atoms. The van der Waals surface area contributed by atoms with E-state index < -0.39 is 12.1 Å². The van der Waals surface area contributed by atoms with Gasteiger partial charge in [0.25, 0.3) is 5.91 Å². The number of carboxylic acid groups (broad SMARTS) is 1. The lowest BCUT2D eigenvalue weighted by Crippen LogP contribution is -2.33. The Balaban J connectivity index is 1.82. The van der Waals surface area contributed by atoms with Gasteiger partial charge in [0, 0.05) is 12.8 Å². The molecule has 1 aromatic heterocycles. The van der Waals surface area contributed by atoms with Crippen LogP contribution in [0.3, 0.4) is 0 Å². The van der Waals surface area contributed by atoms with Gasteiger partial charge < -0.3 is 15.2 Å². The number of ether oxygens (including phenoxy) is 1. The number of benzene rings is 1. The van der Waals surface area contributed by atoms with Crippen molar-refractivity contribution in [2.45, 2.75) is 25.4 Å². The third-order valence-corrected chi connectivity index (χ3v) is 3.69. The summed E-state index contributed by atoms with van der Waals surface area (Å²) in [7, 11) is 0. The lowest BCUT2D eigenvalue weighted by molar-refractivity contribution is -0.129. The van der Waals surface area contributed by atoms with Crippen LogP contribution in [-0.4, -0.2) is 39.5 Å². The van der Waals surface area contributed by atoms with Crippen LogP contribution in [0.5, 0.6) is 0 Å². The minimum atomic E-state index is -1.10. The standard InChI is InChI=1S/C16H17N3O4/c20-15(14-7-3-4-10-23-14)17-11-5-1-2-6-13(11)19-9-8-12(18-19)16(21)22/h1-2,5-6,8-9,14H,3-4,7,10H2,(H,17,20)(H,21,22)/t14-/m0/s1. The molecule has 2 N–H and O–H groups in total. The van der Waals surface area contributed by atoms with Crippen molar-refractivity contribution >= 4 is 17.6 Å². The molecule has 1 amide bonds. The van der Waals surface area contributed by atoms with E-state index in [9.17, 15) is 9.59 Å². The SMILES string of the molecule is O=C(O)c1ccn(-c2ccccc2NC(=O)[C@@H]2CCCCO2)n1. The molecule has 1 aliphatic rings. The van der Waals surface area contributed by atoms with Crippen molar-refractivity contribution in [1.82, 2.24) is 9.78 Å². The van der Waals surface area contributed by atoms with E-state index >= 15 is 0 Å². The Bertz CT molecular complexity index is 720. The molecular formula is C16H17N3O4. The molecule has 1 atom stereocenters. The maximum Gasteiger partial charge on any atom is 0.356 e. The topological polar surface area (TPSA) is 93.5 Å². The maximum absolute atomic E-state index is 12.3. The van der Waals surface area contributed by atoms with Crippen LogP contribution < -0.4 is 5.32 Å². The molecule has 1 aliphatic heterocycles. The van der Waals surface area contributed by atoms with Crippen LogP contribution in [-0.2, 0) is 9.53 Å². The summed E-state index contributed by atoms with van der Waals surface area (Å²) < 4.78 is 6.91. The molecule has 7 nitrogen and oxygen atoms in total. The van der Waals surface area contributed by atoms with Gasteiger partial charge in [0.05, 0.1) is 11.4 Å². The number of anilines is 1. The summed E-state index contributed by atoms with van der Waals surface area (Å²) in [4.78, 5) is 23.3. The molecule has 0 aliphatic carbocycles. The zero-order chi connectivity index (χ0) is 16.2. The Hall–Kier alpha value is -2.67. The number of hydrogen-bond donors (Lipinski definition) is 2. The number of aromatic carboxylic acids is 1. The largest absolute Gasteiger partial charge is 0.476 e. The number of nitrogens with one attached hydrogen (secondary N) is 1. The number of rotatable bonds is 4. The molecule has 0 radical (unpaired) electrons. The van der Waals surface area contributed by atoms with Crippen LogP contribution in [0.1, 0.15) is 29.8 Å². The summed E-state index contributed by atoms with van der Waals surface area (Å²) in [6, 6.07) is 8.51. The number of carboxylic acids is 1. The zero-order valence-electron chi connectivity index (χ0n) is 12.4. The van der Waals surface area contributed by atoms with Gasteiger partial charge in [0.15, 0.2) is 5.69 Å². The highest BCUT2D eigenvalue weighted by Crippen LogP contribution is 2.21. The van der Waals surface area contributed by atoms with Crippen molar-refractivity contribution in [1.29, 1.82) is 0 Å². The fourth-order valence-corrected chi connectivity index (χ4v) is 2.51. The van der Waals surface area contributed by atoms with Gasteiger partial charge in [-0.15, -0.1) is 0 Å². The van der Waals surface area contributed by atoms with Crippen molar-refractivity contribution in [3.63, 3.8) is 0 Å². The van der Waals surface area contributed by atoms with Gasteiger partial charge in [-0.25, -0.2) is 9.48 Å². The van der Waals surface area contributed by atoms with Gasteiger partial charge in [0.2, 0.25) is 0 Å². The predicted octanol–water partition coefficient (Wildman–Crippen LogP) is 2.08. The summed E-state index contributed by atoms with van der Waals surface area (Å²) in [5, 5.41) is 15.8. The molecule has 7 heteroatoms. The summed E-state index contributed by atoms with van der Waals surface area (Å²) in [6.45, 7) is 0.598. The van der Waals surface area contributed by atoms with Gasteiger partial charge >= 0.3 is 5.97 Å². The minimum Gasteiger partial charge on any atom is -0.476 e. The highest BCUT2D eigenvalue weighted by Gasteiger charge is 2.23. The van der Waals surface area contributed by atoms with Crippen molar-refractivity contribution in [3.05, 3.63) is 42.2 Å². The Labute approximate surface area is 132 Å². The molecule has 2 heterocycles.